The molecule has 1 fully saturated rings. The zero-order valence-corrected chi connectivity index (χ0v) is 14.4. The van der Waals surface area contributed by atoms with Crippen molar-refractivity contribution >= 4 is 10.0 Å². The predicted octanol–water partition coefficient (Wildman–Crippen LogP) is 2.43. The maximum absolute atomic E-state index is 13.0. The molecule has 0 atom stereocenters. The van der Waals surface area contributed by atoms with E-state index in [4.69, 9.17) is 4.42 Å². The summed E-state index contributed by atoms with van der Waals surface area (Å²) in [4.78, 5) is 0.356. The molecule has 0 spiro atoms. The number of nitrogens with one attached hydrogen (secondary N) is 1. The van der Waals surface area contributed by atoms with Crippen LogP contribution in [0.25, 0.3) is 0 Å². The van der Waals surface area contributed by atoms with E-state index in [-0.39, 0.29) is 5.41 Å². The van der Waals surface area contributed by atoms with Crippen LogP contribution in [0.1, 0.15) is 43.8 Å². The molecule has 2 heterocycles. The smallest absolute Gasteiger partial charge is 0.246 e. The Morgan fingerprint density at radius 2 is 1.76 bits per heavy atom. The molecule has 1 N–H and O–H groups in total. The summed E-state index contributed by atoms with van der Waals surface area (Å²) in [5.41, 5.74) is 0.973. The minimum atomic E-state index is -3.48. The second-order valence-electron chi connectivity index (χ2n) is 6.62. The normalized spacial score (nSPS) is 19.9. The van der Waals surface area contributed by atoms with E-state index in [1.807, 2.05) is 14.0 Å². The van der Waals surface area contributed by atoms with Gasteiger partial charge >= 0.3 is 0 Å². The third kappa shape index (κ3) is 3.17. The number of hydrogen-bond acceptors (Lipinski definition) is 4. The maximum Gasteiger partial charge on any atom is 0.246 e. The van der Waals surface area contributed by atoms with Gasteiger partial charge in [-0.15, -0.1) is 0 Å². The second kappa shape index (κ2) is 5.74. The first kappa shape index (κ1) is 16.5. The number of sulfonamides is 1. The summed E-state index contributed by atoms with van der Waals surface area (Å²) in [6, 6.07) is 0. The molecule has 2 rings (SSSR count). The number of nitrogens with zero attached hydrogens (tertiary/aromatic N) is 1. The Bertz CT molecular complexity index is 607. The second-order valence-corrected chi connectivity index (χ2v) is 8.50. The zero-order chi connectivity index (χ0) is 15.8. The highest BCUT2D eigenvalue weighted by Crippen LogP contribution is 2.35. The molecule has 0 amide bonds. The minimum Gasteiger partial charge on any atom is -0.465 e. The molecule has 1 saturated heterocycles. The van der Waals surface area contributed by atoms with E-state index in [2.05, 4.69) is 19.2 Å². The van der Waals surface area contributed by atoms with Crippen LogP contribution in [0.5, 0.6) is 0 Å². The van der Waals surface area contributed by atoms with E-state index in [0.29, 0.717) is 36.1 Å². The van der Waals surface area contributed by atoms with Crippen molar-refractivity contribution in [3.63, 3.8) is 0 Å². The number of furan rings is 1. The van der Waals surface area contributed by atoms with Gasteiger partial charge in [-0.05, 0) is 39.2 Å². The van der Waals surface area contributed by atoms with E-state index in [1.54, 1.807) is 11.2 Å². The fourth-order valence-electron chi connectivity index (χ4n) is 2.89. The van der Waals surface area contributed by atoms with Crippen molar-refractivity contribution in [1.82, 2.24) is 9.62 Å². The van der Waals surface area contributed by atoms with Gasteiger partial charge in [0.15, 0.2) is 0 Å². The monoisotopic (exact) mass is 314 g/mol. The standard InChI is InChI=1S/C15H26N2O3S/c1-11-13(10-16-5)14(12(2)20-11)21(18,19)17-8-6-15(3,4)7-9-17/h16H,6-10H2,1-5H3. The molecule has 120 valence electrons. The van der Waals surface area contributed by atoms with Crippen LogP contribution in [0.2, 0.25) is 0 Å². The van der Waals surface area contributed by atoms with Gasteiger partial charge in [-0.2, -0.15) is 4.31 Å². The largest absolute Gasteiger partial charge is 0.465 e. The van der Waals surface area contributed by atoms with Crippen molar-refractivity contribution in [3.05, 3.63) is 17.1 Å². The molecule has 1 aliphatic heterocycles. The lowest BCUT2D eigenvalue weighted by molar-refractivity contribution is 0.195. The molecule has 0 unspecified atom stereocenters. The van der Waals surface area contributed by atoms with E-state index in [9.17, 15) is 8.42 Å². The molecule has 21 heavy (non-hydrogen) atoms. The number of hydrogen-bond donors (Lipinski definition) is 1. The highest BCUT2D eigenvalue weighted by atomic mass is 32.2. The van der Waals surface area contributed by atoms with Gasteiger partial charge in [0, 0.05) is 25.2 Å². The summed E-state index contributed by atoms with van der Waals surface area (Å²) in [6.07, 6.45) is 1.78. The molecule has 5 nitrogen and oxygen atoms in total. The summed E-state index contributed by atoms with van der Waals surface area (Å²) in [5, 5.41) is 3.02. The van der Waals surface area contributed by atoms with Crippen LogP contribution in [0, 0.1) is 19.3 Å². The van der Waals surface area contributed by atoms with Crippen molar-refractivity contribution in [1.29, 1.82) is 0 Å². The van der Waals surface area contributed by atoms with E-state index < -0.39 is 10.0 Å². The third-order valence-corrected chi connectivity index (χ3v) is 6.45. The average molecular weight is 314 g/mol. The quantitative estimate of drug-likeness (QED) is 0.927. The zero-order valence-electron chi connectivity index (χ0n) is 13.6. The first-order valence-corrected chi connectivity index (χ1v) is 8.87. The Labute approximate surface area is 127 Å². The van der Waals surface area contributed by atoms with Crippen molar-refractivity contribution in [2.45, 2.75) is 52.0 Å². The van der Waals surface area contributed by atoms with Gasteiger partial charge in [0.05, 0.1) is 0 Å². The Kier molecular flexibility index (Phi) is 4.52. The maximum atomic E-state index is 13.0. The summed E-state index contributed by atoms with van der Waals surface area (Å²) in [5.74, 6) is 1.17. The molecule has 6 heteroatoms. The Morgan fingerprint density at radius 1 is 1.19 bits per heavy atom. The van der Waals surface area contributed by atoms with Gasteiger partial charge in [0.2, 0.25) is 10.0 Å². The van der Waals surface area contributed by atoms with E-state index in [1.165, 1.54) is 0 Å². The van der Waals surface area contributed by atoms with Crippen molar-refractivity contribution in [2.24, 2.45) is 5.41 Å². The Morgan fingerprint density at radius 3 is 2.29 bits per heavy atom. The summed E-state index contributed by atoms with van der Waals surface area (Å²) < 4.78 is 33.1. The van der Waals surface area contributed by atoms with Gasteiger partial charge in [0.1, 0.15) is 16.4 Å². The Balaban J connectivity index is 2.37. The van der Waals surface area contributed by atoms with Gasteiger partial charge in [-0.25, -0.2) is 8.42 Å². The van der Waals surface area contributed by atoms with Crippen LogP contribution in [-0.2, 0) is 16.6 Å². The van der Waals surface area contributed by atoms with Crippen LogP contribution >= 0.6 is 0 Å². The molecule has 0 bridgehead atoms. The van der Waals surface area contributed by atoms with Crippen molar-refractivity contribution in [2.75, 3.05) is 20.1 Å². The first-order chi connectivity index (χ1) is 9.69. The average Bonchev–Trinajstić information content (AvgIpc) is 2.64. The van der Waals surface area contributed by atoms with Crippen LogP contribution in [0.15, 0.2) is 9.31 Å². The van der Waals surface area contributed by atoms with Crippen LogP contribution in [0.3, 0.4) is 0 Å². The van der Waals surface area contributed by atoms with Crippen molar-refractivity contribution in [3.8, 4) is 0 Å². The number of rotatable bonds is 4. The SMILES string of the molecule is CNCc1c(C)oc(C)c1S(=O)(=O)N1CCC(C)(C)CC1. The molecule has 0 saturated carbocycles. The number of piperidine rings is 1. The molecular weight excluding hydrogens is 288 g/mol. The van der Waals surface area contributed by atoms with E-state index >= 15 is 0 Å². The predicted molar refractivity (Wildman–Crippen MR) is 82.7 cm³/mol. The summed E-state index contributed by atoms with van der Waals surface area (Å²) >= 11 is 0. The molecule has 1 aromatic heterocycles. The van der Waals surface area contributed by atoms with Crippen LogP contribution in [0.4, 0.5) is 0 Å². The molecule has 1 aliphatic rings. The summed E-state index contributed by atoms with van der Waals surface area (Å²) in [7, 11) is -1.67. The number of aryl methyl sites for hydroxylation is 2. The van der Waals surface area contributed by atoms with Gasteiger partial charge < -0.3 is 9.73 Å². The first-order valence-electron chi connectivity index (χ1n) is 7.42. The van der Waals surface area contributed by atoms with Crippen LogP contribution < -0.4 is 5.32 Å². The fraction of sp³-hybridized carbons (Fsp3) is 0.733. The van der Waals surface area contributed by atoms with Gasteiger partial charge in [-0.3, -0.25) is 0 Å². The topological polar surface area (TPSA) is 62.6 Å². The van der Waals surface area contributed by atoms with Gasteiger partial charge in [-0.1, -0.05) is 13.8 Å². The highest BCUT2D eigenvalue weighted by Gasteiger charge is 2.36. The highest BCUT2D eigenvalue weighted by molar-refractivity contribution is 7.89. The molecule has 0 aliphatic carbocycles. The Hall–Kier alpha value is -0.850. The molecule has 0 radical (unpaired) electrons. The van der Waals surface area contributed by atoms with Crippen LogP contribution in [-0.4, -0.2) is 32.9 Å². The molecule has 1 aromatic rings. The molecular formula is C15H26N2O3S. The lowest BCUT2D eigenvalue weighted by atomic mass is 9.83. The van der Waals surface area contributed by atoms with E-state index in [0.717, 1.165) is 18.4 Å². The molecule has 0 aromatic carbocycles. The lowest BCUT2D eigenvalue weighted by Crippen LogP contribution is -2.41. The minimum absolute atomic E-state index is 0.223. The summed E-state index contributed by atoms with van der Waals surface area (Å²) in [6.45, 7) is 9.59. The van der Waals surface area contributed by atoms with Crippen molar-refractivity contribution < 1.29 is 12.8 Å². The van der Waals surface area contributed by atoms with Gasteiger partial charge in [0.25, 0.3) is 0 Å². The fourth-order valence-corrected chi connectivity index (χ4v) is 4.74. The third-order valence-electron chi connectivity index (χ3n) is 4.35. The lowest BCUT2D eigenvalue weighted by Gasteiger charge is -2.36.